The highest BCUT2D eigenvalue weighted by Gasteiger charge is 2.31. The molecule has 0 aliphatic carbocycles. The summed E-state index contributed by atoms with van der Waals surface area (Å²) >= 11 is 5.82. The number of hydrogen-bond acceptors (Lipinski definition) is 4. The molecule has 1 aliphatic heterocycles. The van der Waals surface area contributed by atoms with Gasteiger partial charge < -0.3 is 10.2 Å². The summed E-state index contributed by atoms with van der Waals surface area (Å²) in [6, 6.07) is 4.46. The molecule has 8 heteroatoms. The number of carbonyl (C=O) groups is 1. The number of hydrogen-bond donors (Lipinski definition) is 1. The first-order chi connectivity index (χ1) is 11.5. The highest BCUT2D eigenvalue weighted by Crippen LogP contribution is 2.23. The molecule has 1 unspecified atom stereocenters. The molecule has 0 radical (unpaired) electrons. The second-order valence-corrected chi connectivity index (χ2v) is 6.29. The van der Waals surface area contributed by atoms with Gasteiger partial charge in [0.05, 0.1) is 16.4 Å². The number of carbonyl (C=O) groups excluding carboxylic acids is 1. The van der Waals surface area contributed by atoms with E-state index in [-0.39, 0.29) is 17.0 Å². The summed E-state index contributed by atoms with van der Waals surface area (Å²) in [5.41, 5.74) is 1.50. The molecule has 1 saturated heterocycles. The smallest absolute Gasteiger partial charge is 0.276 e. The van der Waals surface area contributed by atoms with Crippen LogP contribution < -0.4 is 5.32 Å². The lowest BCUT2D eigenvalue weighted by Gasteiger charge is -2.23. The molecule has 1 amide bonds. The lowest BCUT2D eigenvalue weighted by molar-refractivity contribution is 0.0730. The van der Waals surface area contributed by atoms with Crippen molar-refractivity contribution in [2.45, 2.75) is 25.8 Å². The van der Waals surface area contributed by atoms with E-state index in [1.54, 1.807) is 13.0 Å². The van der Waals surface area contributed by atoms with Gasteiger partial charge in [0.2, 0.25) is 0 Å². The summed E-state index contributed by atoms with van der Waals surface area (Å²) in [7, 11) is 1.88. The quantitative estimate of drug-likeness (QED) is 0.917. The Balaban J connectivity index is 1.89. The van der Waals surface area contributed by atoms with Gasteiger partial charge in [0, 0.05) is 19.1 Å². The van der Waals surface area contributed by atoms with Crippen molar-refractivity contribution in [2.75, 3.05) is 20.1 Å². The highest BCUT2D eigenvalue weighted by atomic mass is 35.5. The minimum Gasteiger partial charge on any atom is -0.333 e. The van der Waals surface area contributed by atoms with Gasteiger partial charge in [-0.3, -0.25) is 4.79 Å². The Morgan fingerprint density at radius 1 is 1.50 bits per heavy atom. The number of halogens is 2. The van der Waals surface area contributed by atoms with Crippen LogP contribution in [0.5, 0.6) is 0 Å². The Morgan fingerprint density at radius 3 is 3.00 bits per heavy atom. The maximum atomic E-state index is 13.3. The molecule has 3 rings (SSSR count). The molecule has 0 saturated carbocycles. The second kappa shape index (κ2) is 6.86. The molecule has 1 N–H and O–H groups in total. The maximum absolute atomic E-state index is 13.3. The van der Waals surface area contributed by atoms with Crippen molar-refractivity contribution in [3.05, 3.63) is 40.4 Å². The van der Waals surface area contributed by atoms with Crippen molar-refractivity contribution < 1.29 is 9.18 Å². The Morgan fingerprint density at radius 2 is 2.29 bits per heavy atom. The van der Waals surface area contributed by atoms with Gasteiger partial charge in [-0.2, -0.15) is 0 Å². The fraction of sp³-hybridized carbons (Fsp3) is 0.438. The molecule has 1 atom stereocenters. The van der Waals surface area contributed by atoms with E-state index < -0.39 is 5.82 Å². The number of benzene rings is 1. The average molecular weight is 352 g/mol. The van der Waals surface area contributed by atoms with Crippen LogP contribution in [0.1, 0.15) is 29.0 Å². The summed E-state index contributed by atoms with van der Waals surface area (Å²) in [5, 5.41) is 11.2. The molecule has 1 aliphatic rings. The summed E-state index contributed by atoms with van der Waals surface area (Å²) in [6.07, 6.45) is 1.96. The Bertz CT molecular complexity index is 763. The molecule has 1 aromatic heterocycles. The van der Waals surface area contributed by atoms with Gasteiger partial charge in [-0.1, -0.05) is 16.8 Å². The van der Waals surface area contributed by atoms with Gasteiger partial charge in [0.25, 0.3) is 5.91 Å². The van der Waals surface area contributed by atoms with E-state index in [4.69, 9.17) is 11.6 Å². The Kier molecular flexibility index (Phi) is 4.82. The Hall–Kier alpha value is -1.99. The van der Waals surface area contributed by atoms with E-state index >= 15 is 0 Å². The first kappa shape index (κ1) is 16.9. The summed E-state index contributed by atoms with van der Waals surface area (Å²) in [4.78, 5) is 14.7. The third kappa shape index (κ3) is 3.01. The summed E-state index contributed by atoms with van der Waals surface area (Å²) < 4.78 is 14.8. The number of amides is 1. The molecule has 2 aromatic rings. The summed E-state index contributed by atoms with van der Waals surface area (Å²) in [6.45, 7) is 3.25. The minimum atomic E-state index is -0.499. The van der Waals surface area contributed by atoms with Crippen LogP contribution in [0.3, 0.4) is 0 Å². The van der Waals surface area contributed by atoms with Gasteiger partial charge in [-0.05, 0) is 45.0 Å². The molecule has 2 heterocycles. The molecule has 1 aromatic carbocycles. The van der Waals surface area contributed by atoms with Crippen LogP contribution in [0.2, 0.25) is 5.02 Å². The van der Waals surface area contributed by atoms with Crippen LogP contribution >= 0.6 is 11.6 Å². The third-order valence-electron chi connectivity index (χ3n) is 4.32. The largest absolute Gasteiger partial charge is 0.333 e. The van der Waals surface area contributed by atoms with E-state index in [0.717, 1.165) is 25.9 Å². The molecule has 1 fully saturated rings. The maximum Gasteiger partial charge on any atom is 0.276 e. The fourth-order valence-corrected chi connectivity index (χ4v) is 3.25. The number of nitrogens with zero attached hydrogens (tertiary/aromatic N) is 4. The number of rotatable bonds is 4. The zero-order valence-corrected chi connectivity index (χ0v) is 14.3. The van der Waals surface area contributed by atoms with Crippen LogP contribution in [0.15, 0.2) is 18.2 Å². The fourth-order valence-electron chi connectivity index (χ4n) is 3.08. The normalized spacial score (nSPS) is 17.5. The first-order valence-corrected chi connectivity index (χ1v) is 8.24. The van der Waals surface area contributed by atoms with E-state index in [1.807, 2.05) is 11.9 Å². The molecular weight excluding hydrogens is 333 g/mol. The topological polar surface area (TPSA) is 63.1 Å². The molecule has 0 bridgehead atoms. The average Bonchev–Trinajstić information content (AvgIpc) is 3.17. The lowest BCUT2D eigenvalue weighted by Crippen LogP contribution is -2.41. The lowest BCUT2D eigenvalue weighted by atomic mass is 10.2. The SMILES string of the molecule is CNCC1CCCN1C(=O)c1nnn(-c2ccc(F)c(Cl)c2)c1C. The zero-order valence-electron chi connectivity index (χ0n) is 13.6. The van der Waals surface area contributed by atoms with E-state index in [0.29, 0.717) is 17.1 Å². The molecule has 24 heavy (non-hydrogen) atoms. The highest BCUT2D eigenvalue weighted by molar-refractivity contribution is 6.30. The van der Waals surface area contributed by atoms with Crippen LogP contribution in [0.25, 0.3) is 5.69 Å². The monoisotopic (exact) mass is 351 g/mol. The van der Waals surface area contributed by atoms with Crippen molar-refractivity contribution in [2.24, 2.45) is 0 Å². The molecule has 0 spiro atoms. The molecular formula is C16H19ClFN5O. The number of likely N-dealkylation sites (N-methyl/N-ethyl adjacent to an activating group) is 1. The van der Waals surface area contributed by atoms with E-state index in [1.165, 1.54) is 16.8 Å². The van der Waals surface area contributed by atoms with Crippen molar-refractivity contribution in [1.29, 1.82) is 0 Å². The van der Waals surface area contributed by atoms with Crippen molar-refractivity contribution in [1.82, 2.24) is 25.2 Å². The van der Waals surface area contributed by atoms with Crippen LogP contribution in [0, 0.1) is 12.7 Å². The predicted octanol–water partition coefficient (Wildman–Crippen LogP) is 2.19. The zero-order chi connectivity index (χ0) is 17.3. The predicted molar refractivity (Wildman–Crippen MR) is 89.0 cm³/mol. The molecule has 6 nitrogen and oxygen atoms in total. The van der Waals surface area contributed by atoms with Crippen molar-refractivity contribution >= 4 is 17.5 Å². The number of aromatic nitrogens is 3. The van der Waals surface area contributed by atoms with Gasteiger partial charge in [0.15, 0.2) is 5.69 Å². The van der Waals surface area contributed by atoms with Crippen molar-refractivity contribution in [3.63, 3.8) is 0 Å². The van der Waals surface area contributed by atoms with Gasteiger partial charge in [0.1, 0.15) is 5.82 Å². The minimum absolute atomic E-state index is 0.00361. The van der Waals surface area contributed by atoms with Crippen LogP contribution in [-0.4, -0.2) is 52.0 Å². The van der Waals surface area contributed by atoms with Crippen LogP contribution in [0.4, 0.5) is 4.39 Å². The molecule has 128 valence electrons. The van der Waals surface area contributed by atoms with Gasteiger partial charge in [-0.25, -0.2) is 9.07 Å². The van der Waals surface area contributed by atoms with Gasteiger partial charge >= 0.3 is 0 Å². The van der Waals surface area contributed by atoms with E-state index in [2.05, 4.69) is 15.6 Å². The number of nitrogens with one attached hydrogen (secondary N) is 1. The Labute approximate surface area is 144 Å². The number of likely N-dealkylation sites (tertiary alicyclic amines) is 1. The van der Waals surface area contributed by atoms with Gasteiger partial charge in [-0.15, -0.1) is 5.10 Å². The van der Waals surface area contributed by atoms with Crippen LogP contribution in [-0.2, 0) is 0 Å². The standard InChI is InChI=1S/C16H19ClFN5O/c1-10-15(16(24)22-7-3-4-12(22)9-19-2)20-21-23(10)11-5-6-14(18)13(17)8-11/h5-6,8,12,19H,3-4,7,9H2,1-2H3. The third-order valence-corrected chi connectivity index (χ3v) is 4.61. The van der Waals surface area contributed by atoms with Crippen molar-refractivity contribution in [3.8, 4) is 5.69 Å². The van der Waals surface area contributed by atoms with E-state index in [9.17, 15) is 9.18 Å². The summed E-state index contributed by atoms with van der Waals surface area (Å²) in [5.74, 6) is -0.619. The first-order valence-electron chi connectivity index (χ1n) is 7.86. The second-order valence-electron chi connectivity index (χ2n) is 5.89.